The van der Waals surface area contributed by atoms with Crippen molar-refractivity contribution in [2.24, 2.45) is 21.1 Å². The van der Waals surface area contributed by atoms with Crippen molar-refractivity contribution >= 4 is 40.8 Å². The summed E-state index contributed by atoms with van der Waals surface area (Å²) in [4.78, 5) is 53.0. The van der Waals surface area contributed by atoms with Gasteiger partial charge in [0.2, 0.25) is 11.7 Å². The lowest BCUT2D eigenvalue weighted by molar-refractivity contribution is -0.114. The summed E-state index contributed by atoms with van der Waals surface area (Å²) < 4.78 is 4.70. The highest BCUT2D eigenvalue weighted by molar-refractivity contribution is 6.07. The number of imidazole rings is 1. The molecule has 0 aliphatic heterocycles. The number of aryl methyl sites for hydroxylation is 3. The molecule has 4 amide bonds. The third-order valence-corrected chi connectivity index (χ3v) is 4.91. The highest BCUT2D eigenvalue weighted by Gasteiger charge is 2.19. The number of carbonyl (C=O) groups is 4. The molecule has 0 spiro atoms. The second-order valence-corrected chi connectivity index (χ2v) is 7.86. The van der Waals surface area contributed by atoms with E-state index in [1.54, 1.807) is 48.7 Å². The predicted molar refractivity (Wildman–Crippen MR) is 127 cm³/mol. The zero-order valence-electron chi connectivity index (χ0n) is 19.7. The Hall–Kier alpha value is -4.35. The van der Waals surface area contributed by atoms with Crippen LogP contribution in [0.3, 0.4) is 0 Å². The topological polar surface area (TPSA) is 144 Å². The van der Waals surface area contributed by atoms with Crippen LogP contribution in [0, 0.1) is 0 Å². The molecule has 12 heteroatoms. The molecule has 0 fully saturated rings. The normalized spacial score (nSPS) is 10.6. The minimum Gasteiger partial charge on any atom is -0.351 e. The summed E-state index contributed by atoms with van der Waals surface area (Å²) in [6.07, 6.45) is 5.59. The summed E-state index contributed by atoms with van der Waals surface area (Å²) in [7, 11) is 5.03. The Morgan fingerprint density at radius 1 is 0.794 bits per heavy atom. The Balaban J connectivity index is 1.70. The standard InChI is InChI=1S/C22H28N8O4/c1-6-7-23-20(32)16-8-14(10-28(16)3)25-21(33)17-9-15(11-29(17)4)26-22(34)19-27-18(12-30(19)5)24-13(2)31/h8-12H,6-7H2,1-5H3,(H,23,32)(H,24,31)(H,25,33)(H,26,34). The van der Waals surface area contributed by atoms with E-state index in [0.29, 0.717) is 29.3 Å². The number of carbonyl (C=O) groups excluding carboxylic acids is 4. The molecule has 0 bridgehead atoms. The Morgan fingerprint density at radius 2 is 1.35 bits per heavy atom. The maximum atomic E-state index is 12.8. The van der Waals surface area contributed by atoms with Gasteiger partial charge < -0.3 is 35.0 Å². The van der Waals surface area contributed by atoms with Crippen molar-refractivity contribution in [2.45, 2.75) is 20.3 Å². The van der Waals surface area contributed by atoms with Gasteiger partial charge >= 0.3 is 0 Å². The lowest BCUT2D eigenvalue weighted by Crippen LogP contribution is -2.25. The third kappa shape index (κ3) is 5.52. The molecule has 0 unspecified atom stereocenters. The van der Waals surface area contributed by atoms with Crippen LogP contribution < -0.4 is 21.3 Å². The van der Waals surface area contributed by atoms with E-state index in [4.69, 9.17) is 0 Å². The number of anilines is 3. The number of amides is 4. The van der Waals surface area contributed by atoms with Crippen LogP contribution in [0.15, 0.2) is 30.7 Å². The molecule has 3 rings (SSSR count). The fraction of sp³-hybridized carbons (Fsp3) is 0.318. The molecule has 180 valence electrons. The number of hydrogen-bond donors (Lipinski definition) is 4. The Kier molecular flexibility index (Phi) is 7.19. The van der Waals surface area contributed by atoms with Gasteiger partial charge in [0, 0.05) is 53.2 Å². The van der Waals surface area contributed by atoms with E-state index < -0.39 is 11.8 Å². The molecule has 0 atom stereocenters. The minimum absolute atomic E-state index is 0.0942. The summed E-state index contributed by atoms with van der Waals surface area (Å²) in [6, 6.07) is 3.13. The van der Waals surface area contributed by atoms with Crippen molar-refractivity contribution in [3.8, 4) is 0 Å². The smallest absolute Gasteiger partial charge is 0.291 e. The Morgan fingerprint density at radius 3 is 1.91 bits per heavy atom. The molecule has 0 aromatic carbocycles. The number of nitrogens with one attached hydrogen (secondary N) is 4. The van der Waals surface area contributed by atoms with E-state index in [1.807, 2.05) is 6.92 Å². The van der Waals surface area contributed by atoms with E-state index in [-0.39, 0.29) is 23.5 Å². The molecule has 34 heavy (non-hydrogen) atoms. The molecule has 0 aliphatic rings. The van der Waals surface area contributed by atoms with Crippen LogP contribution in [0.2, 0.25) is 0 Å². The fourth-order valence-corrected chi connectivity index (χ4v) is 3.35. The Bertz CT molecular complexity index is 1250. The summed E-state index contributed by atoms with van der Waals surface area (Å²) >= 11 is 0. The molecule has 3 aromatic heterocycles. The van der Waals surface area contributed by atoms with Gasteiger partial charge in [0.15, 0.2) is 5.82 Å². The zero-order chi connectivity index (χ0) is 25.0. The second kappa shape index (κ2) is 10.1. The van der Waals surface area contributed by atoms with Crippen molar-refractivity contribution in [1.82, 2.24) is 24.0 Å². The van der Waals surface area contributed by atoms with Crippen LogP contribution in [-0.4, -0.2) is 48.9 Å². The number of rotatable bonds is 8. The third-order valence-electron chi connectivity index (χ3n) is 4.91. The van der Waals surface area contributed by atoms with E-state index >= 15 is 0 Å². The van der Waals surface area contributed by atoms with Gasteiger partial charge in [-0.2, -0.15) is 0 Å². The van der Waals surface area contributed by atoms with Crippen molar-refractivity contribution in [2.75, 3.05) is 22.5 Å². The van der Waals surface area contributed by atoms with Gasteiger partial charge in [-0.05, 0) is 18.6 Å². The van der Waals surface area contributed by atoms with Crippen LogP contribution in [0.1, 0.15) is 51.9 Å². The molecule has 3 aromatic rings. The molecule has 0 saturated heterocycles. The van der Waals surface area contributed by atoms with Gasteiger partial charge in [0.05, 0.1) is 11.4 Å². The van der Waals surface area contributed by atoms with Crippen molar-refractivity contribution in [3.05, 3.63) is 47.9 Å². The molecule has 3 heterocycles. The first kappa shape index (κ1) is 24.3. The van der Waals surface area contributed by atoms with Gasteiger partial charge in [-0.1, -0.05) is 6.92 Å². The van der Waals surface area contributed by atoms with Crippen LogP contribution in [0.25, 0.3) is 0 Å². The van der Waals surface area contributed by atoms with Gasteiger partial charge in [0.1, 0.15) is 11.4 Å². The van der Waals surface area contributed by atoms with Gasteiger partial charge in [-0.3, -0.25) is 19.2 Å². The largest absolute Gasteiger partial charge is 0.351 e. The van der Waals surface area contributed by atoms with Gasteiger partial charge in [-0.25, -0.2) is 4.98 Å². The monoisotopic (exact) mass is 468 g/mol. The van der Waals surface area contributed by atoms with E-state index in [9.17, 15) is 19.2 Å². The highest BCUT2D eigenvalue weighted by Crippen LogP contribution is 2.18. The first-order valence-corrected chi connectivity index (χ1v) is 10.6. The maximum Gasteiger partial charge on any atom is 0.291 e. The quantitative estimate of drug-likeness (QED) is 0.398. The predicted octanol–water partition coefficient (Wildman–Crippen LogP) is 1.70. The van der Waals surface area contributed by atoms with E-state index in [1.165, 1.54) is 23.8 Å². The molecule has 4 N–H and O–H groups in total. The molecular weight excluding hydrogens is 440 g/mol. The molecular formula is C22H28N8O4. The lowest BCUT2D eigenvalue weighted by Gasteiger charge is -2.03. The van der Waals surface area contributed by atoms with Crippen molar-refractivity contribution < 1.29 is 19.2 Å². The summed E-state index contributed by atoms with van der Waals surface area (Å²) in [5.41, 5.74) is 1.60. The van der Waals surface area contributed by atoms with Gasteiger partial charge in [0.25, 0.3) is 17.7 Å². The van der Waals surface area contributed by atoms with E-state index in [2.05, 4.69) is 26.3 Å². The fourth-order valence-electron chi connectivity index (χ4n) is 3.35. The van der Waals surface area contributed by atoms with Crippen molar-refractivity contribution in [3.63, 3.8) is 0 Å². The van der Waals surface area contributed by atoms with Crippen LogP contribution in [0.5, 0.6) is 0 Å². The summed E-state index contributed by atoms with van der Waals surface area (Å²) in [5, 5.41) is 10.8. The number of aromatic nitrogens is 4. The average molecular weight is 469 g/mol. The number of nitrogens with zero attached hydrogens (tertiary/aromatic N) is 4. The Labute approximate surface area is 196 Å². The van der Waals surface area contributed by atoms with Crippen LogP contribution in [-0.2, 0) is 25.9 Å². The molecule has 0 radical (unpaired) electrons. The second-order valence-electron chi connectivity index (χ2n) is 7.86. The first-order valence-electron chi connectivity index (χ1n) is 10.6. The molecule has 0 saturated carbocycles. The molecule has 12 nitrogen and oxygen atoms in total. The first-order chi connectivity index (χ1) is 16.1. The van der Waals surface area contributed by atoms with Crippen LogP contribution in [0.4, 0.5) is 17.2 Å². The maximum absolute atomic E-state index is 12.8. The van der Waals surface area contributed by atoms with Crippen LogP contribution >= 0.6 is 0 Å². The zero-order valence-corrected chi connectivity index (χ0v) is 19.7. The van der Waals surface area contributed by atoms with Gasteiger partial charge in [-0.15, -0.1) is 0 Å². The SMILES string of the molecule is CCCNC(=O)c1cc(NC(=O)c2cc(NC(=O)c3nc(NC(C)=O)cn3C)cn2C)cn1C. The number of hydrogen-bond acceptors (Lipinski definition) is 5. The minimum atomic E-state index is -0.498. The summed E-state index contributed by atoms with van der Waals surface area (Å²) in [5.74, 6) is -1.06. The van der Waals surface area contributed by atoms with E-state index in [0.717, 1.165) is 6.42 Å². The average Bonchev–Trinajstić information content (AvgIpc) is 3.42. The van der Waals surface area contributed by atoms with Crippen molar-refractivity contribution in [1.29, 1.82) is 0 Å². The summed E-state index contributed by atoms with van der Waals surface area (Å²) in [6.45, 7) is 3.88. The molecule has 0 aliphatic carbocycles. The highest BCUT2D eigenvalue weighted by atomic mass is 16.2. The lowest BCUT2D eigenvalue weighted by atomic mass is 10.3.